The van der Waals surface area contributed by atoms with Crippen LogP contribution in [0.4, 0.5) is 14.5 Å². The lowest BCUT2D eigenvalue weighted by molar-refractivity contribution is -0.141. The fraction of sp³-hybridized carbons (Fsp3) is 0.263. The molecule has 1 fully saturated rings. The third-order valence-electron chi connectivity index (χ3n) is 3.98. The molecule has 1 aliphatic rings. The summed E-state index contributed by atoms with van der Waals surface area (Å²) in [6.07, 6.45) is -0.146. The first kappa shape index (κ1) is 20.3. The molecule has 0 spiro atoms. The van der Waals surface area contributed by atoms with Gasteiger partial charge in [0.1, 0.15) is 18.2 Å². The normalized spacial score (nSPS) is 15.9. The monoisotopic (exact) mass is 378 g/mol. The lowest BCUT2D eigenvalue weighted by Crippen LogP contribution is -2.26. The van der Waals surface area contributed by atoms with Crippen molar-refractivity contribution >= 4 is 17.6 Å². The van der Waals surface area contributed by atoms with Crippen LogP contribution in [0.3, 0.4) is 0 Å². The third kappa shape index (κ3) is 5.01. The van der Waals surface area contributed by atoms with Gasteiger partial charge in [0, 0.05) is 19.0 Å². The Morgan fingerprint density at radius 3 is 2.59 bits per heavy atom. The van der Waals surface area contributed by atoms with Crippen LogP contribution in [-0.4, -0.2) is 30.6 Å². The number of anilines is 1. The molecular weight excluding hydrogens is 358 g/mol. The zero-order valence-corrected chi connectivity index (χ0v) is 14.7. The molecule has 1 aliphatic heterocycles. The molecule has 0 saturated carbocycles. The number of carboxylic acids is 1. The number of carboxylic acid groups (broad SMARTS) is 1. The Morgan fingerprint density at radius 2 is 2.00 bits per heavy atom. The van der Waals surface area contributed by atoms with Crippen molar-refractivity contribution in [2.45, 2.75) is 13.0 Å². The standard InChI is InChI=1S/C18H15F2NO4.CH5N/c19-13-3-1-2-11(6-13)10-25-14-4-5-16(15(20)8-14)21-9-12(18(23)24)7-17(21)22;1-2/h1-6,8,12H,7,9-10H2,(H,23,24);2H2,1H3. The van der Waals surface area contributed by atoms with Crippen LogP contribution in [0.5, 0.6) is 5.75 Å². The summed E-state index contributed by atoms with van der Waals surface area (Å²) in [6, 6.07) is 9.85. The fourth-order valence-electron chi connectivity index (χ4n) is 2.70. The molecule has 3 rings (SSSR count). The summed E-state index contributed by atoms with van der Waals surface area (Å²) in [5.41, 5.74) is 5.12. The number of carbonyl (C=O) groups is 2. The van der Waals surface area contributed by atoms with Crippen LogP contribution in [0.2, 0.25) is 0 Å². The van der Waals surface area contributed by atoms with Crippen LogP contribution >= 0.6 is 0 Å². The topological polar surface area (TPSA) is 92.9 Å². The summed E-state index contributed by atoms with van der Waals surface area (Å²) in [6.45, 7) is 0.00879. The van der Waals surface area contributed by atoms with Gasteiger partial charge in [0.15, 0.2) is 5.82 Å². The highest BCUT2D eigenvalue weighted by Gasteiger charge is 2.36. The van der Waals surface area contributed by atoms with Crippen LogP contribution < -0.4 is 15.4 Å². The zero-order chi connectivity index (χ0) is 20.0. The number of amides is 1. The van der Waals surface area contributed by atoms with Crippen molar-refractivity contribution in [2.75, 3.05) is 18.5 Å². The van der Waals surface area contributed by atoms with Crippen LogP contribution in [0.1, 0.15) is 12.0 Å². The van der Waals surface area contributed by atoms with Gasteiger partial charge in [0.2, 0.25) is 5.91 Å². The van der Waals surface area contributed by atoms with Crippen molar-refractivity contribution in [3.63, 3.8) is 0 Å². The average Bonchev–Trinajstić information content (AvgIpc) is 3.04. The summed E-state index contributed by atoms with van der Waals surface area (Å²) in [5, 5.41) is 8.99. The highest BCUT2D eigenvalue weighted by molar-refractivity contribution is 5.99. The molecule has 1 saturated heterocycles. The Kier molecular flexibility index (Phi) is 6.84. The quantitative estimate of drug-likeness (QED) is 0.834. The SMILES string of the molecule is CN.O=C(O)C1CC(=O)N(c2ccc(OCc3cccc(F)c3)cc2F)C1. The van der Waals surface area contributed by atoms with Gasteiger partial charge in [-0.3, -0.25) is 9.59 Å². The predicted molar refractivity (Wildman–Crippen MR) is 95.3 cm³/mol. The molecule has 1 atom stereocenters. The van der Waals surface area contributed by atoms with Crippen LogP contribution in [0.15, 0.2) is 42.5 Å². The second kappa shape index (κ2) is 9.09. The van der Waals surface area contributed by atoms with Gasteiger partial charge >= 0.3 is 5.97 Å². The third-order valence-corrected chi connectivity index (χ3v) is 3.98. The van der Waals surface area contributed by atoms with Gasteiger partial charge in [-0.25, -0.2) is 8.78 Å². The minimum absolute atomic E-state index is 0.0202. The number of hydrogen-bond donors (Lipinski definition) is 2. The molecule has 1 amide bonds. The number of rotatable bonds is 5. The van der Waals surface area contributed by atoms with E-state index in [1.54, 1.807) is 12.1 Å². The Hall–Kier alpha value is -3.00. The number of hydrogen-bond acceptors (Lipinski definition) is 4. The Labute approximate surface area is 155 Å². The number of halogens is 2. The van der Waals surface area contributed by atoms with Crippen molar-refractivity contribution in [2.24, 2.45) is 11.7 Å². The largest absolute Gasteiger partial charge is 0.489 e. The second-order valence-electron chi connectivity index (χ2n) is 5.78. The van der Waals surface area contributed by atoms with Crippen molar-refractivity contribution in [1.82, 2.24) is 0 Å². The second-order valence-corrected chi connectivity index (χ2v) is 5.78. The first-order valence-electron chi connectivity index (χ1n) is 8.22. The van der Waals surface area contributed by atoms with Gasteiger partial charge in [-0.2, -0.15) is 0 Å². The van der Waals surface area contributed by atoms with Crippen LogP contribution in [0.25, 0.3) is 0 Å². The molecule has 0 aliphatic carbocycles. The molecular formula is C19H20F2N2O4. The number of nitrogens with two attached hydrogens (primary N) is 1. The highest BCUT2D eigenvalue weighted by atomic mass is 19.1. The maximum Gasteiger partial charge on any atom is 0.308 e. The lowest BCUT2D eigenvalue weighted by Gasteiger charge is -2.17. The molecule has 27 heavy (non-hydrogen) atoms. The van der Waals surface area contributed by atoms with Crippen molar-refractivity contribution < 1.29 is 28.2 Å². The summed E-state index contributed by atoms with van der Waals surface area (Å²) >= 11 is 0. The number of benzene rings is 2. The summed E-state index contributed by atoms with van der Waals surface area (Å²) in [5.74, 6) is -3.19. The van der Waals surface area contributed by atoms with Gasteiger partial charge in [0.05, 0.1) is 11.6 Å². The molecule has 1 unspecified atom stereocenters. The molecule has 2 aromatic carbocycles. The van der Waals surface area contributed by atoms with E-state index in [1.165, 1.54) is 31.3 Å². The number of carbonyl (C=O) groups excluding carboxylic acids is 1. The summed E-state index contributed by atoms with van der Waals surface area (Å²) in [7, 11) is 1.50. The zero-order valence-electron chi connectivity index (χ0n) is 14.7. The number of nitrogens with zero attached hydrogens (tertiary/aromatic N) is 1. The van der Waals surface area contributed by atoms with E-state index in [0.29, 0.717) is 5.56 Å². The average molecular weight is 378 g/mol. The van der Waals surface area contributed by atoms with E-state index in [4.69, 9.17) is 9.84 Å². The molecule has 0 aromatic heterocycles. The van der Waals surface area contributed by atoms with Crippen LogP contribution in [-0.2, 0) is 16.2 Å². The summed E-state index contributed by atoms with van der Waals surface area (Å²) in [4.78, 5) is 24.0. The molecule has 0 radical (unpaired) electrons. The van der Waals surface area contributed by atoms with Gasteiger partial charge in [0.25, 0.3) is 0 Å². The minimum atomic E-state index is -1.08. The van der Waals surface area contributed by atoms with Gasteiger partial charge in [-0.15, -0.1) is 0 Å². The van der Waals surface area contributed by atoms with Crippen LogP contribution in [0, 0.1) is 17.6 Å². The first-order valence-corrected chi connectivity index (χ1v) is 8.22. The highest BCUT2D eigenvalue weighted by Crippen LogP contribution is 2.30. The van der Waals surface area contributed by atoms with Gasteiger partial charge in [-0.05, 0) is 36.9 Å². The Bertz CT molecular complexity index is 829. The fourth-order valence-corrected chi connectivity index (χ4v) is 2.70. The van der Waals surface area contributed by atoms with Gasteiger partial charge < -0.3 is 20.5 Å². The van der Waals surface area contributed by atoms with E-state index in [1.807, 2.05) is 0 Å². The molecule has 1 heterocycles. The van der Waals surface area contributed by atoms with E-state index in [9.17, 15) is 18.4 Å². The molecule has 6 nitrogen and oxygen atoms in total. The summed E-state index contributed by atoms with van der Waals surface area (Å²) < 4.78 is 32.9. The number of aliphatic carboxylic acids is 1. The predicted octanol–water partition coefficient (Wildman–Crippen LogP) is 2.56. The molecule has 2 aromatic rings. The smallest absolute Gasteiger partial charge is 0.308 e. The van der Waals surface area contributed by atoms with E-state index in [-0.39, 0.29) is 36.8 Å². The minimum Gasteiger partial charge on any atom is -0.489 e. The Balaban J connectivity index is 0.00000126. The molecule has 3 N–H and O–H groups in total. The number of ether oxygens (including phenoxy) is 1. The van der Waals surface area contributed by atoms with Crippen molar-refractivity contribution in [3.8, 4) is 5.75 Å². The molecule has 144 valence electrons. The van der Waals surface area contributed by atoms with Gasteiger partial charge in [-0.1, -0.05) is 12.1 Å². The first-order chi connectivity index (χ1) is 12.9. The Morgan fingerprint density at radius 1 is 1.26 bits per heavy atom. The van der Waals surface area contributed by atoms with Crippen molar-refractivity contribution in [1.29, 1.82) is 0 Å². The molecule has 0 bridgehead atoms. The maximum absolute atomic E-state index is 14.3. The maximum atomic E-state index is 14.3. The van der Waals surface area contributed by atoms with E-state index >= 15 is 0 Å². The van der Waals surface area contributed by atoms with E-state index < -0.39 is 23.6 Å². The lowest BCUT2D eigenvalue weighted by atomic mass is 10.1. The van der Waals surface area contributed by atoms with E-state index in [0.717, 1.165) is 11.0 Å². The van der Waals surface area contributed by atoms with E-state index in [2.05, 4.69) is 5.73 Å². The van der Waals surface area contributed by atoms with Crippen molar-refractivity contribution in [3.05, 3.63) is 59.7 Å². The molecule has 8 heteroatoms.